The van der Waals surface area contributed by atoms with Gasteiger partial charge >= 0.3 is 5.97 Å². The summed E-state index contributed by atoms with van der Waals surface area (Å²) in [6, 6.07) is 0. The maximum absolute atomic E-state index is 12.7. The van der Waals surface area contributed by atoms with Crippen molar-refractivity contribution >= 4 is 17.8 Å². The number of aliphatic carboxylic acids is 1. The van der Waals surface area contributed by atoms with E-state index in [0.717, 1.165) is 26.2 Å². The second-order valence-electron chi connectivity index (χ2n) is 8.40. The molecule has 2 heterocycles. The molecule has 2 unspecified atom stereocenters. The van der Waals surface area contributed by atoms with Crippen LogP contribution in [0, 0.1) is 17.3 Å². The van der Waals surface area contributed by atoms with E-state index in [1.165, 1.54) is 0 Å². The molecule has 1 N–H and O–H groups in total. The molecule has 0 aromatic rings. The van der Waals surface area contributed by atoms with Gasteiger partial charge in [-0.15, -0.1) is 0 Å². The van der Waals surface area contributed by atoms with Crippen molar-refractivity contribution in [3.05, 3.63) is 0 Å². The summed E-state index contributed by atoms with van der Waals surface area (Å²) in [5, 5.41) is 9.26. The number of carbonyl (C=O) groups excluding carboxylic acids is 2. The van der Waals surface area contributed by atoms with Crippen molar-refractivity contribution < 1.29 is 19.5 Å². The number of carbonyl (C=O) groups is 3. The number of carboxylic acids is 1. The molecule has 2 amide bonds. The Kier molecular flexibility index (Phi) is 5.25. The molecular weight excluding hydrogens is 336 g/mol. The topological polar surface area (TPSA) is 84.4 Å². The zero-order valence-corrected chi connectivity index (χ0v) is 16.0. The molecule has 146 valence electrons. The van der Waals surface area contributed by atoms with E-state index in [1.807, 2.05) is 18.7 Å². The van der Waals surface area contributed by atoms with Crippen molar-refractivity contribution in [3.63, 3.8) is 0 Å². The van der Waals surface area contributed by atoms with E-state index in [0.29, 0.717) is 32.7 Å². The fourth-order valence-corrected chi connectivity index (χ4v) is 4.23. The Morgan fingerprint density at radius 2 is 1.42 bits per heavy atom. The monoisotopic (exact) mass is 366 g/mol. The number of hydrogen-bond donors (Lipinski definition) is 1. The van der Waals surface area contributed by atoms with E-state index < -0.39 is 23.2 Å². The molecule has 3 aliphatic rings. The number of carboxylic acid groups (broad SMARTS) is 1. The Labute approximate surface area is 154 Å². The van der Waals surface area contributed by atoms with Gasteiger partial charge in [0.15, 0.2) is 0 Å². The van der Waals surface area contributed by atoms with Crippen LogP contribution in [0.15, 0.2) is 0 Å². The number of piperazine rings is 2. The predicted octanol–water partition coefficient (Wildman–Crippen LogP) is -0.739. The second kappa shape index (κ2) is 7.15. The molecule has 26 heavy (non-hydrogen) atoms. The van der Waals surface area contributed by atoms with Crippen LogP contribution >= 0.6 is 0 Å². The minimum Gasteiger partial charge on any atom is -0.481 e. The molecule has 0 radical (unpaired) electrons. The Hall–Kier alpha value is -1.67. The number of rotatable bonds is 4. The number of likely N-dealkylation sites (N-methyl/N-ethyl adjacent to an activating group) is 1. The molecule has 2 aliphatic heterocycles. The first-order valence-corrected chi connectivity index (χ1v) is 9.42. The van der Waals surface area contributed by atoms with Crippen LogP contribution in [0.2, 0.25) is 0 Å². The van der Waals surface area contributed by atoms with Crippen molar-refractivity contribution in [2.75, 3.05) is 66.0 Å². The van der Waals surface area contributed by atoms with Crippen molar-refractivity contribution in [2.45, 2.75) is 13.8 Å². The zero-order valence-electron chi connectivity index (χ0n) is 16.0. The van der Waals surface area contributed by atoms with Crippen LogP contribution in [0.1, 0.15) is 13.8 Å². The van der Waals surface area contributed by atoms with Gasteiger partial charge in [0.25, 0.3) is 0 Å². The summed E-state index contributed by atoms with van der Waals surface area (Å²) < 4.78 is 0. The molecule has 3 fully saturated rings. The average Bonchev–Trinajstić information content (AvgIpc) is 3.19. The third-order valence-electron chi connectivity index (χ3n) is 6.26. The van der Waals surface area contributed by atoms with E-state index in [-0.39, 0.29) is 11.8 Å². The van der Waals surface area contributed by atoms with Gasteiger partial charge in [-0.2, -0.15) is 0 Å². The standard InChI is InChI=1S/C18H30N4O4/c1-18(2)14(15(18)17(25)26)16(24)22-10-8-21(9-11-22)13(23)12-20-6-4-19(3)5-7-20/h14-15H,4-12H2,1-3H3,(H,25,26). The highest BCUT2D eigenvalue weighted by Crippen LogP contribution is 2.59. The van der Waals surface area contributed by atoms with Crippen LogP contribution in [-0.2, 0) is 14.4 Å². The third kappa shape index (κ3) is 3.71. The molecular formula is C18H30N4O4. The molecule has 0 bridgehead atoms. The van der Waals surface area contributed by atoms with Crippen molar-refractivity contribution in [1.82, 2.24) is 19.6 Å². The minimum atomic E-state index is -0.894. The molecule has 0 spiro atoms. The lowest BCUT2D eigenvalue weighted by Gasteiger charge is -2.37. The summed E-state index contributed by atoms with van der Waals surface area (Å²) in [6.07, 6.45) is 0. The first-order valence-electron chi connectivity index (χ1n) is 9.42. The van der Waals surface area contributed by atoms with Crippen molar-refractivity contribution in [1.29, 1.82) is 0 Å². The first kappa shape index (κ1) is 19.1. The molecule has 0 aromatic carbocycles. The minimum absolute atomic E-state index is 0.0754. The van der Waals surface area contributed by atoms with Crippen LogP contribution in [-0.4, -0.2) is 108 Å². The van der Waals surface area contributed by atoms with Gasteiger partial charge in [0, 0.05) is 52.4 Å². The Morgan fingerprint density at radius 3 is 1.92 bits per heavy atom. The first-order chi connectivity index (χ1) is 12.2. The molecule has 1 saturated carbocycles. The lowest BCUT2D eigenvalue weighted by Crippen LogP contribution is -2.54. The van der Waals surface area contributed by atoms with Crippen LogP contribution in [0.5, 0.6) is 0 Å². The maximum atomic E-state index is 12.7. The van der Waals surface area contributed by atoms with Crippen molar-refractivity contribution in [3.8, 4) is 0 Å². The summed E-state index contributed by atoms with van der Waals surface area (Å²) >= 11 is 0. The Balaban J connectivity index is 1.46. The quantitative estimate of drug-likeness (QED) is 0.706. The predicted molar refractivity (Wildman–Crippen MR) is 95.5 cm³/mol. The smallest absolute Gasteiger partial charge is 0.307 e. The van der Waals surface area contributed by atoms with Crippen LogP contribution in [0.4, 0.5) is 0 Å². The normalized spacial score (nSPS) is 29.5. The van der Waals surface area contributed by atoms with E-state index in [9.17, 15) is 19.5 Å². The van der Waals surface area contributed by atoms with E-state index in [4.69, 9.17) is 0 Å². The van der Waals surface area contributed by atoms with Crippen LogP contribution < -0.4 is 0 Å². The Bertz CT molecular complexity index is 578. The van der Waals surface area contributed by atoms with Crippen LogP contribution in [0.25, 0.3) is 0 Å². The van der Waals surface area contributed by atoms with E-state index in [2.05, 4.69) is 16.8 Å². The second-order valence-corrected chi connectivity index (χ2v) is 8.40. The van der Waals surface area contributed by atoms with E-state index in [1.54, 1.807) is 4.90 Å². The summed E-state index contributed by atoms with van der Waals surface area (Å²) in [5.74, 6) is -1.88. The zero-order chi connectivity index (χ0) is 19.1. The van der Waals surface area contributed by atoms with Gasteiger partial charge in [-0.1, -0.05) is 13.8 Å². The molecule has 3 rings (SSSR count). The SMILES string of the molecule is CN1CCN(CC(=O)N2CCN(C(=O)C3C(C(=O)O)C3(C)C)CC2)CC1. The van der Waals surface area contributed by atoms with Crippen molar-refractivity contribution in [2.24, 2.45) is 17.3 Å². The molecule has 8 heteroatoms. The summed E-state index contributed by atoms with van der Waals surface area (Å²) in [6.45, 7) is 9.95. The molecule has 2 saturated heterocycles. The van der Waals surface area contributed by atoms with Gasteiger partial charge in [-0.25, -0.2) is 0 Å². The number of hydrogen-bond acceptors (Lipinski definition) is 5. The highest BCUT2D eigenvalue weighted by Gasteiger charge is 2.66. The third-order valence-corrected chi connectivity index (χ3v) is 6.26. The van der Waals surface area contributed by atoms with E-state index >= 15 is 0 Å². The van der Waals surface area contributed by atoms with Crippen LogP contribution in [0.3, 0.4) is 0 Å². The average molecular weight is 366 g/mol. The van der Waals surface area contributed by atoms with Gasteiger partial charge in [0.1, 0.15) is 0 Å². The lowest BCUT2D eigenvalue weighted by molar-refractivity contribution is -0.144. The maximum Gasteiger partial charge on any atom is 0.307 e. The summed E-state index contributed by atoms with van der Waals surface area (Å²) in [5.41, 5.74) is -0.475. The van der Waals surface area contributed by atoms with Gasteiger partial charge < -0.3 is 19.8 Å². The molecule has 0 aromatic heterocycles. The molecule has 8 nitrogen and oxygen atoms in total. The molecule has 2 atom stereocenters. The number of amides is 2. The fourth-order valence-electron chi connectivity index (χ4n) is 4.23. The highest BCUT2D eigenvalue weighted by molar-refractivity contribution is 5.91. The van der Waals surface area contributed by atoms with Gasteiger partial charge in [-0.05, 0) is 12.5 Å². The summed E-state index contributed by atoms with van der Waals surface area (Å²) in [7, 11) is 2.09. The molecule has 1 aliphatic carbocycles. The lowest BCUT2D eigenvalue weighted by atomic mass is 10.1. The Morgan fingerprint density at radius 1 is 0.885 bits per heavy atom. The summed E-state index contributed by atoms with van der Waals surface area (Å²) in [4.78, 5) is 44.5. The highest BCUT2D eigenvalue weighted by atomic mass is 16.4. The van der Waals surface area contributed by atoms with Gasteiger partial charge in [0.2, 0.25) is 11.8 Å². The number of nitrogens with zero attached hydrogens (tertiary/aromatic N) is 4. The largest absolute Gasteiger partial charge is 0.481 e. The fraction of sp³-hybridized carbons (Fsp3) is 0.833. The van der Waals surface area contributed by atoms with Gasteiger partial charge in [0.05, 0.1) is 18.4 Å². The van der Waals surface area contributed by atoms with Gasteiger partial charge in [-0.3, -0.25) is 19.3 Å².